The number of amides is 1. The SMILES string of the molecule is NC(CC(=O)NC1CC2CCC1C2)c1ccccc1. The average Bonchev–Trinajstić information content (AvgIpc) is 3.02. The van der Waals surface area contributed by atoms with Gasteiger partial charge in [-0.1, -0.05) is 36.8 Å². The Morgan fingerprint density at radius 1 is 1.26 bits per heavy atom. The first-order valence-corrected chi connectivity index (χ1v) is 7.32. The third-order valence-corrected chi connectivity index (χ3v) is 4.72. The van der Waals surface area contributed by atoms with Crippen LogP contribution in [0.15, 0.2) is 30.3 Å². The van der Waals surface area contributed by atoms with Crippen molar-refractivity contribution in [2.45, 2.75) is 44.2 Å². The first kappa shape index (κ1) is 12.7. The lowest BCUT2D eigenvalue weighted by Gasteiger charge is -2.23. The third kappa shape index (κ3) is 2.81. The Kier molecular flexibility index (Phi) is 3.56. The van der Waals surface area contributed by atoms with Crippen LogP contribution in [-0.4, -0.2) is 11.9 Å². The Morgan fingerprint density at radius 2 is 2.05 bits per heavy atom. The number of benzene rings is 1. The predicted octanol–water partition coefficient (Wildman–Crippen LogP) is 2.38. The fraction of sp³-hybridized carbons (Fsp3) is 0.562. The molecule has 0 saturated heterocycles. The molecule has 2 aliphatic carbocycles. The summed E-state index contributed by atoms with van der Waals surface area (Å²) in [5.41, 5.74) is 7.12. The first-order chi connectivity index (χ1) is 9.22. The molecule has 0 heterocycles. The van der Waals surface area contributed by atoms with Crippen LogP contribution in [0.5, 0.6) is 0 Å². The normalized spacial score (nSPS) is 30.3. The van der Waals surface area contributed by atoms with Gasteiger partial charge in [-0.15, -0.1) is 0 Å². The molecule has 3 nitrogen and oxygen atoms in total. The number of rotatable bonds is 4. The van der Waals surface area contributed by atoms with Crippen LogP contribution in [0, 0.1) is 11.8 Å². The van der Waals surface area contributed by atoms with Crippen molar-refractivity contribution in [1.29, 1.82) is 0 Å². The first-order valence-electron chi connectivity index (χ1n) is 7.32. The number of hydrogen-bond donors (Lipinski definition) is 2. The second-order valence-electron chi connectivity index (χ2n) is 6.07. The highest BCUT2D eigenvalue weighted by Crippen LogP contribution is 2.44. The van der Waals surface area contributed by atoms with Crippen LogP contribution < -0.4 is 11.1 Å². The number of nitrogens with one attached hydrogen (secondary N) is 1. The standard InChI is InChI=1S/C16H22N2O/c17-14(12-4-2-1-3-5-12)10-16(19)18-15-9-11-6-7-13(15)8-11/h1-5,11,13-15H,6-10,17H2,(H,18,19). The maximum Gasteiger partial charge on any atom is 0.222 e. The van der Waals surface area contributed by atoms with Crippen molar-refractivity contribution >= 4 is 5.91 Å². The molecule has 3 rings (SSSR count). The fourth-order valence-electron chi connectivity index (χ4n) is 3.71. The Balaban J connectivity index is 1.51. The van der Waals surface area contributed by atoms with Gasteiger partial charge in [-0.05, 0) is 36.7 Å². The highest BCUT2D eigenvalue weighted by Gasteiger charge is 2.40. The van der Waals surface area contributed by atoms with Crippen LogP contribution >= 0.6 is 0 Å². The molecule has 0 radical (unpaired) electrons. The molecule has 4 unspecified atom stereocenters. The van der Waals surface area contributed by atoms with E-state index in [-0.39, 0.29) is 11.9 Å². The Bertz CT molecular complexity index is 445. The molecule has 0 spiro atoms. The molecule has 2 aliphatic rings. The minimum atomic E-state index is -0.195. The van der Waals surface area contributed by atoms with E-state index in [9.17, 15) is 4.79 Å². The minimum Gasteiger partial charge on any atom is -0.353 e. The maximum atomic E-state index is 12.1. The van der Waals surface area contributed by atoms with Gasteiger partial charge in [0.2, 0.25) is 5.91 Å². The molecule has 3 heteroatoms. The third-order valence-electron chi connectivity index (χ3n) is 4.72. The summed E-state index contributed by atoms with van der Waals surface area (Å²) >= 11 is 0. The molecule has 1 aromatic rings. The minimum absolute atomic E-state index is 0.105. The molecule has 0 aromatic heterocycles. The lowest BCUT2D eigenvalue weighted by Crippen LogP contribution is -2.39. The van der Waals surface area contributed by atoms with Gasteiger partial charge in [-0.2, -0.15) is 0 Å². The molecule has 3 N–H and O–H groups in total. The molecule has 19 heavy (non-hydrogen) atoms. The predicted molar refractivity (Wildman–Crippen MR) is 75.4 cm³/mol. The number of carbonyl (C=O) groups is 1. The zero-order valence-corrected chi connectivity index (χ0v) is 11.2. The van der Waals surface area contributed by atoms with Gasteiger partial charge >= 0.3 is 0 Å². The second-order valence-corrected chi connectivity index (χ2v) is 6.07. The number of hydrogen-bond acceptors (Lipinski definition) is 2. The number of carbonyl (C=O) groups excluding carboxylic acids is 1. The molecule has 1 aromatic carbocycles. The summed E-state index contributed by atoms with van der Waals surface area (Å²) in [5.74, 6) is 1.69. The van der Waals surface area contributed by atoms with Gasteiger partial charge in [-0.25, -0.2) is 0 Å². The number of nitrogens with two attached hydrogens (primary N) is 1. The van der Waals surface area contributed by atoms with Crippen molar-refractivity contribution in [2.75, 3.05) is 0 Å². The highest BCUT2D eigenvalue weighted by atomic mass is 16.1. The quantitative estimate of drug-likeness (QED) is 0.871. The van der Waals surface area contributed by atoms with Crippen LogP contribution in [0.3, 0.4) is 0 Å². The molecular weight excluding hydrogens is 236 g/mol. The van der Waals surface area contributed by atoms with Crippen molar-refractivity contribution < 1.29 is 4.79 Å². The van der Waals surface area contributed by atoms with Crippen LogP contribution in [0.4, 0.5) is 0 Å². The monoisotopic (exact) mass is 258 g/mol. The van der Waals surface area contributed by atoms with Crippen LogP contribution in [-0.2, 0) is 4.79 Å². The van der Waals surface area contributed by atoms with E-state index >= 15 is 0 Å². The summed E-state index contributed by atoms with van der Waals surface area (Å²) in [6, 6.07) is 10.1. The van der Waals surface area contributed by atoms with Crippen LogP contribution in [0.2, 0.25) is 0 Å². The molecule has 2 bridgehead atoms. The smallest absolute Gasteiger partial charge is 0.222 e. The molecule has 4 atom stereocenters. The Hall–Kier alpha value is -1.35. The van der Waals surface area contributed by atoms with Gasteiger partial charge in [-0.3, -0.25) is 4.79 Å². The summed E-state index contributed by atoms with van der Waals surface area (Å²) in [4.78, 5) is 12.1. The van der Waals surface area contributed by atoms with Crippen molar-refractivity contribution in [3.63, 3.8) is 0 Å². The largest absolute Gasteiger partial charge is 0.353 e. The summed E-state index contributed by atoms with van der Waals surface area (Å²) < 4.78 is 0. The molecule has 1 amide bonds. The van der Waals surface area contributed by atoms with Gasteiger partial charge in [0, 0.05) is 18.5 Å². The van der Waals surface area contributed by atoms with Gasteiger partial charge < -0.3 is 11.1 Å². The van der Waals surface area contributed by atoms with E-state index in [1.807, 2.05) is 30.3 Å². The number of fused-ring (bicyclic) bond motifs is 2. The molecular formula is C16H22N2O. The summed E-state index contributed by atoms with van der Waals surface area (Å²) in [6.07, 6.45) is 5.53. The second kappa shape index (κ2) is 5.33. The Morgan fingerprint density at radius 3 is 2.68 bits per heavy atom. The summed E-state index contributed by atoms with van der Waals surface area (Å²) in [6.45, 7) is 0. The molecule has 2 fully saturated rings. The van der Waals surface area contributed by atoms with E-state index in [0.717, 1.165) is 17.4 Å². The lowest BCUT2D eigenvalue weighted by molar-refractivity contribution is -0.122. The zero-order chi connectivity index (χ0) is 13.2. The van der Waals surface area contributed by atoms with E-state index in [4.69, 9.17) is 5.73 Å². The average molecular weight is 258 g/mol. The van der Waals surface area contributed by atoms with Crippen molar-refractivity contribution in [3.05, 3.63) is 35.9 Å². The van der Waals surface area contributed by atoms with Crippen molar-refractivity contribution in [1.82, 2.24) is 5.32 Å². The van der Waals surface area contributed by atoms with Gasteiger partial charge in [0.15, 0.2) is 0 Å². The van der Waals surface area contributed by atoms with E-state index < -0.39 is 0 Å². The van der Waals surface area contributed by atoms with E-state index in [0.29, 0.717) is 12.5 Å². The van der Waals surface area contributed by atoms with E-state index in [1.54, 1.807) is 0 Å². The molecule has 0 aliphatic heterocycles. The van der Waals surface area contributed by atoms with Crippen LogP contribution in [0.1, 0.15) is 43.7 Å². The highest BCUT2D eigenvalue weighted by molar-refractivity contribution is 5.77. The summed E-state index contributed by atoms with van der Waals surface area (Å²) in [7, 11) is 0. The van der Waals surface area contributed by atoms with Crippen molar-refractivity contribution in [2.24, 2.45) is 17.6 Å². The van der Waals surface area contributed by atoms with E-state index in [2.05, 4.69) is 5.32 Å². The van der Waals surface area contributed by atoms with Crippen LogP contribution in [0.25, 0.3) is 0 Å². The zero-order valence-electron chi connectivity index (χ0n) is 11.2. The lowest BCUT2D eigenvalue weighted by atomic mass is 9.95. The van der Waals surface area contributed by atoms with Gasteiger partial charge in [0.1, 0.15) is 0 Å². The maximum absolute atomic E-state index is 12.1. The Labute approximate surface area is 114 Å². The van der Waals surface area contributed by atoms with Gasteiger partial charge in [0.25, 0.3) is 0 Å². The molecule has 102 valence electrons. The topological polar surface area (TPSA) is 55.1 Å². The van der Waals surface area contributed by atoms with E-state index in [1.165, 1.54) is 25.7 Å². The van der Waals surface area contributed by atoms with Gasteiger partial charge in [0.05, 0.1) is 0 Å². The molecule has 2 saturated carbocycles. The summed E-state index contributed by atoms with van der Waals surface area (Å²) in [5, 5.41) is 3.19. The fourth-order valence-corrected chi connectivity index (χ4v) is 3.71. The van der Waals surface area contributed by atoms with Crippen molar-refractivity contribution in [3.8, 4) is 0 Å².